The highest BCUT2D eigenvalue weighted by Gasteiger charge is 2.22. The van der Waals surface area contributed by atoms with Gasteiger partial charge in [0.25, 0.3) is 5.56 Å². The number of nitrogens with one attached hydrogen (secondary N) is 1. The van der Waals surface area contributed by atoms with Gasteiger partial charge in [0, 0.05) is 30.0 Å². The molecule has 5 rings (SSSR count). The number of nitrogens with zero attached hydrogens (tertiary/aromatic N) is 4. The predicted octanol–water partition coefficient (Wildman–Crippen LogP) is 2.75. The Morgan fingerprint density at radius 2 is 1.85 bits per heavy atom. The van der Waals surface area contributed by atoms with Crippen LogP contribution in [0.5, 0.6) is 0 Å². The molecule has 1 fully saturated rings. The third-order valence-electron chi connectivity index (χ3n) is 6.23. The van der Waals surface area contributed by atoms with Crippen LogP contribution in [0.15, 0.2) is 65.5 Å². The van der Waals surface area contributed by atoms with Crippen molar-refractivity contribution in [2.45, 2.75) is 38.8 Å². The maximum atomic E-state index is 13.4. The molecule has 0 spiro atoms. The molecule has 8 nitrogen and oxygen atoms in total. The Kier molecular flexibility index (Phi) is 6.22. The van der Waals surface area contributed by atoms with E-state index in [1.54, 1.807) is 0 Å². The lowest BCUT2D eigenvalue weighted by Gasteiger charge is -2.16. The molecule has 0 bridgehead atoms. The summed E-state index contributed by atoms with van der Waals surface area (Å²) < 4.78 is 8.86. The largest absolute Gasteiger partial charge is 0.376 e. The topological polar surface area (TPSA) is 90.5 Å². The molecule has 1 aliphatic heterocycles. The van der Waals surface area contributed by atoms with Gasteiger partial charge in [-0.05, 0) is 25.3 Å². The Labute approximate surface area is 197 Å². The van der Waals surface area contributed by atoms with E-state index < -0.39 is 0 Å². The highest BCUT2D eigenvalue weighted by atomic mass is 16.5. The van der Waals surface area contributed by atoms with Crippen molar-refractivity contribution in [3.8, 4) is 11.4 Å². The Morgan fingerprint density at radius 1 is 1.12 bits per heavy atom. The fourth-order valence-corrected chi connectivity index (χ4v) is 4.33. The molecule has 1 N–H and O–H groups in total. The van der Waals surface area contributed by atoms with Crippen LogP contribution in [-0.2, 0) is 22.5 Å². The molecule has 3 heterocycles. The van der Waals surface area contributed by atoms with E-state index in [4.69, 9.17) is 9.72 Å². The summed E-state index contributed by atoms with van der Waals surface area (Å²) in [6.07, 6.45) is 1.97. The van der Waals surface area contributed by atoms with Crippen LogP contribution in [0, 0.1) is 6.92 Å². The minimum absolute atomic E-state index is 0.0252. The normalized spacial score (nSPS) is 15.6. The van der Waals surface area contributed by atoms with Crippen LogP contribution in [0.25, 0.3) is 17.2 Å². The van der Waals surface area contributed by atoms with Crippen molar-refractivity contribution in [1.29, 1.82) is 0 Å². The molecule has 0 unspecified atom stereocenters. The van der Waals surface area contributed by atoms with E-state index in [-0.39, 0.29) is 24.0 Å². The van der Waals surface area contributed by atoms with Crippen LogP contribution in [-0.4, -0.2) is 44.3 Å². The fraction of sp³-hybridized carbons (Fsp3) is 0.308. The van der Waals surface area contributed by atoms with E-state index in [2.05, 4.69) is 10.4 Å². The first-order valence-electron chi connectivity index (χ1n) is 11.6. The molecular formula is C26H27N5O3. The van der Waals surface area contributed by atoms with Gasteiger partial charge in [0.15, 0.2) is 5.82 Å². The third-order valence-corrected chi connectivity index (χ3v) is 6.23. The summed E-state index contributed by atoms with van der Waals surface area (Å²) in [5.41, 5.74) is 2.69. The average Bonchev–Trinajstić information content (AvgIpc) is 3.55. The molecule has 1 saturated heterocycles. The number of ether oxygens (including phenoxy) is 1. The first-order chi connectivity index (χ1) is 16.6. The van der Waals surface area contributed by atoms with Crippen molar-refractivity contribution in [2.75, 3.05) is 13.2 Å². The molecule has 0 saturated carbocycles. The van der Waals surface area contributed by atoms with Crippen LogP contribution in [0.4, 0.5) is 0 Å². The van der Waals surface area contributed by atoms with Crippen molar-refractivity contribution in [3.63, 3.8) is 0 Å². The van der Waals surface area contributed by atoms with E-state index in [1.165, 1.54) is 4.52 Å². The number of hydrogen-bond acceptors (Lipinski definition) is 5. The summed E-state index contributed by atoms with van der Waals surface area (Å²) in [6.45, 7) is 3.56. The second-order valence-electron chi connectivity index (χ2n) is 8.57. The number of carbonyl (C=O) groups is 1. The molecule has 2 aromatic carbocycles. The molecule has 174 valence electrons. The van der Waals surface area contributed by atoms with Gasteiger partial charge in [-0.25, -0.2) is 0 Å². The number of carbonyl (C=O) groups excluding carboxylic acids is 1. The first kappa shape index (κ1) is 22.0. The van der Waals surface area contributed by atoms with Gasteiger partial charge in [0.1, 0.15) is 0 Å². The Morgan fingerprint density at radius 3 is 2.56 bits per heavy atom. The number of hydrogen-bond donors (Lipinski definition) is 1. The lowest BCUT2D eigenvalue weighted by atomic mass is 10.1. The van der Waals surface area contributed by atoms with E-state index >= 15 is 0 Å². The van der Waals surface area contributed by atoms with Gasteiger partial charge >= 0.3 is 0 Å². The molecule has 0 radical (unpaired) electrons. The van der Waals surface area contributed by atoms with Crippen LogP contribution < -0.4 is 10.9 Å². The Balaban J connectivity index is 1.54. The fourth-order valence-electron chi connectivity index (χ4n) is 4.33. The molecule has 1 amide bonds. The first-order valence-corrected chi connectivity index (χ1v) is 11.6. The highest BCUT2D eigenvalue weighted by molar-refractivity contribution is 5.78. The zero-order valence-corrected chi connectivity index (χ0v) is 19.1. The van der Waals surface area contributed by atoms with Gasteiger partial charge in [-0.2, -0.15) is 9.50 Å². The van der Waals surface area contributed by atoms with E-state index in [9.17, 15) is 9.59 Å². The minimum Gasteiger partial charge on any atom is -0.376 e. The van der Waals surface area contributed by atoms with Crippen molar-refractivity contribution in [3.05, 3.63) is 87.8 Å². The molecule has 34 heavy (non-hydrogen) atoms. The standard InChI is InChI=1S/C26H27N5O3/c1-18-22(15-23(32)27-16-21-13-8-14-34-21)25(33)31-26(30(18)17-19-9-4-2-5-10-19)28-24(29-31)20-11-6-3-7-12-20/h2-7,9-12,21H,8,13-17H2,1H3,(H,27,32)/t21-/m0/s1. The number of fused-ring (bicyclic) bond motifs is 1. The second-order valence-corrected chi connectivity index (χ2v) is 8.57. The Bertz CT molecular complexity index is 1360. The lowest BCUT2D eigenvalue weighted by molar-refractivity contribution is -0.121. The van der Waals surface area contributed by atoms with Gasteiger partial charge in [-0.15, -0.1) is 5.10 Å². The van der Waals surface area contributed by atoms with E-state index in [1.807, 2.05) is 72.2 Å². The lowest BCUT2D eigenvalue weighted by Crippen LogP contribution is -2.35. The molecule has 8 heteroatoms. The summed E-state index contributed by atoms with van der Waals surface area (Å²) in [4.78, 5) is 30.9. The van der Waals surface area contributed by atoms with Crippen LogP contribution in [0.2, 0.25) is 0 Å². The average molecular weight is 458 g/mol. The maximum Gasteiger partial charge on any atom is 0.279 e. The summed E-state index contributed by atoms with van der Waals surface area (Å²) in [6, 6.07) is 19.5. The van der Waals surface area contributed by atoms with Crippen molar-refractivity contribution < 1.29 is 9.53 Å². The van der Waals surface area contributed by atoms with Crippen molar-refractivity contribution >= 4 is 11.7 Å². The summed E-state index contributed by atoms with van der Waals surface area (Å²) in [5, 5.41) is 7.44. The van der Waals surface area contributed by atoms with Gasteiger partial charge < -0.3 is 14.6 Å². The van der Waals surface area contributed by atoms with Gasteiger partial charge in [-0.1, -0.05) is 60.7 Å². The van der Waals surface area contributed by atoms with Crippen LogP contribution in [0.1, 0.15) is 29.7 Å². The smallest absolute Gasteiger partial charge is 0.279 e. The summed E-state index contributed by atoms with van der Waals surface area (Å²) >= 11 is 0. The number of amides is 1. The number of aromatic nitrogens is 4. The third kappa shape index (κ3) is 4.49. The van der Waals surface area contributed by atoms with Crippen LogP contribution >= 0.6 is 0 Å². The summed E-state index contributed by atoms with van der Waals surface area (Å²) in [7, 11) is 0. The zero-order valence-electron chi connectivity index (χ0n) is 19.1. The quantitative estimate of drug-likeness (QED) is 0.461. The minimum atomic E-state index is -0.321. The van der Waals surface area contributed by atoms with Crippen molar-refractivity contribution in [1.82, 2.24) is 24.5 Å². The molecule has 2 aromatic heterocycles. The van der Waals surface area contributed by atoms with Gasteiger partial charge in [0.05, 0.1) is 19.1 Å². The summed E-state index contributed by atoms with van der Waals surface area (Å²) in [5.74, 6) is 0.720. The SMILES string of the molecule is Cc1c(CC(=O)NC[C@@H]2CCCO2)c(=O)n2nc(-c3ccccc3)nc2n1Cc1ccccc1. The van der Waals surface area contributed by atoms with Crippen molar-refractivity contribution in [2.24, 2.45) is 0 Å². The number of benzene rings is 2. The molecule has 1 aliphatic rings. The van der Waals surface area contributed by atoms with E-state index in [0.717, 1.165) is 30.6 Å². The second kappa shape index (κ2) is 9.61. The van der Waals surface area contributed by atoms with Gasteiger partial charge in [0.2, 0.25) is 11.7 Å². The van der Waals surface area contributed by atoms with Gasteiger partial charge in [-0.3, -0.25) is 9.59 Å². The Hall–Kier alpha value is -3.78. The zero-order chi connectivity index (χ0) is 23.5. The predicted molar refractivity (Wildman–Crippen MR) is 129 cm³/mol. The molecule has 0 aliphatic carbocycles. The highest BCUT2D eigenvalue weighted by Crippen LogP contribution is 2.18. The molecular weight excluding hydrogens is 430 g/mol. The number of rotatable bonds is 7. The maximum absolute atomic E-state index is 13.4. The molecule has 1 atom stereocenters. The molecule has 4 aromatic rings. The monoisotopic (exact) mass is 457 g/mol. The van der Waals surface area contributed by atoms with E-state index in [0.29, 0.717) is 35.9 Å². The van der Waals surface area contributed by atoms with Crippen LogP contribution in [0.3, 0.4) is 0 Å².